The minimum atomic E-state index is -5.01. The van der Waals surface area contributed by atoms with E-state index in [4.69, 9.17) is 5.11 Å². The zero-order valence-corrected chi connectivity index (χ0v) is 11.3. The van der Waals surface area contributed by atoms with Crippen molar-refractivity contribution < 1.29 is 36.2 Å². The molecule has 9 heteroatoms. The molecule has 0 radical (unpaired) electrons. The number of aliphatic hydroxyl groups is 1. The summed E-state index contributed by atoms with van der Waals surface area (Å²) in [5.41, 5.74) is -3.51. The quantitative estimate of drug-likeness (QED) is 0.835. The van der Waals surface area contributed by atoms with Crippen molar-refractivity contribution in [1.29, 1.82) is 0 Å². The molecule has 1 aromatic carbocycles. The van der Waals surface area contributed by atoms with Gasteiger partial charge in [0.2, 0.25) is 5.91 Å². The first kappa shape index (κ1) is 18.3. The van der Waals surface area contributed by atoms with Gasteiger partial charge in [-0.3, -0.25) is 4.79 Å². The standard InChI is InChI=1S/C13H13F6NO2/c1-7(6-21)20-11(22)4-8-2-3-9(12(14,15)16)5-10(8)13(17,18)19/h2-3,5,7,21H,4,6H2,1H3,(H,20,22). The molecule has 0 aromatic heterocycles. The zero-order valence-electron chi connectivity index (χ0n) is 11.3. The van der Waals surface area contributed by atoms with Crippen LogP contribution in [0.25, 0.3) is 0 Å². The minimum absolute atomic E-state index is 0.0158. The molecule has 0 aliphatic carbocycles. The molecule has 0 aliphatic rings. The second kappa shape index (κ2) is 6.55. The van der Waals surface area contributed by atoms with Gasteiger partial charge in [-0.15, -0.1) is 0 Å². The highest BCUT2D eigenvalue weighted by Crippen LogP contribution is 2.37. The maximum Gasteiger partial charge on any atom is 0.416 e. The molecule has 1 rings (SSSR count). The Labute approximate surface area is 121 Å². The van der Waals surface area contributed by atoms with Gasteiger partial charge in [-0.1, -0.05) is 6.07 Å². The summed E-state index contributed by atoms with van der Waals surface area (Å²) in [4.78, 5) is 11.5. The molecule has 3 nitrogen and oxygen atoms in total. The van der Waals surface area contributed by atoms with Gasteiger partial charge in [0.15, 0.2) is 0 Å². The Bertz CT molecular complexity index is 538. The van der Waals surface area contributed by atoms with E-state index in [0.29, 0.717) is 12.1 Å². The van der Waals surface area contributed by atoms with E-state index in [9.17, 15) is 31.1 Å². The van der Waals surface area contributed by atoms with Gasteiger partial charge in [-0.25, -0.2) is 0 Å². The van der Waals surface area contributed by atoms with Gasteiger partial charge in [-0.05, 0) is 24.6 Å². The van der Waals surface area contributed by atoms with Crippen molar-refractivity contribution in [2.24, 2.45) is 0 Å². The van der Waals surface area contributed by atoms with Gasteiger partial charge in [0.25, 0.3) is 0 Å². The fraction of sp³-hybridized carbons (Fsp3) is 0.462. The largest absolute Gasteiger partial charge is 0.416 e. The minimum Gasteiger partial charge on any atom is -0.394 e. The predicted octanol–water partition coefficient (Wildman–Crippen LogP) is 2.76. The van der Waals surface area contributed by atoms with Crippen LogP contribution in [0.1, 0.15) is 23.6 Å². The smallest absolute Gasteiger partial charge is 0.394 e. The van der Waals surface area contributed by atoms with E-state index < -0.39 is 54.0 Å². The fourth-order valence-corrected chi connectivity index (χ4v) is 1.72. The summed E-state index contributed by atoms with van der Waals surface area (Å²) >= 11 is 0. The maximum atomic E-state index is 12.9. The van der Waals surface area contributed by atoms with Gasteiger partial charge < -0.3 is 10.4 Å². The Morgan fingerprint density at radius 1 is 1.18 bits per heavy atom. The number of alkyl halides is 6. The molecule has 2 N–H and O–H groups in total. The number of halogens is 6. The van der Waals surface area contributed by atoms with Crippen molar-refractivity contribution >= 4 is 5.91 Å². The first-order valence-electron chi connectivity index (χ1n) is 6.12. The van der Waals surface area contributed by atoms with Crippen LogP contribution in [0.5, 0.6) is 0 Å². The fourth-order valence-electron chi connectivity index (χ4n) is 1.72. The zero-order chi connectivity index (χ0) is 17.1. The number of carbonyl (C=O) groups excluding carboxylic acids is 1. The van der Waals surface area contributed by atoms with Gasteiger partial charge in [0, 0.05) is 6.04 Å². The summed E-state index contributed by atoms with van der Waals surface area (Å²) in [6, 6.07) is 0.441. The van der Waals surface area contributed by atoms with Crippen LogP contribution in [-0.4, -0.2) is 23.7 Å². The van der Waals surface area contributed by atoms with Crippen LogP contribution < -0.4 is 5.32 Å². The molecule has 0 spiro atoms. The second-order valence-corrected chi connectivity index (χ2v) is 4.70. The SMILES string of the molecule is CC(CO)NC(=O)Cc1ccc(C(F)(F)F)cc1C(F)(F)F. The molecule has 0 aliphatic heterocycles. The molecule has 124 valence electrons. The molecule has 1 aromatic rings. The molecule has 1 unspecified atom stereocenters. The molecule has 1 amide bonds. The van der Waals surface area contributed by atoms with Crippen LogP contribution in [-0.2, 0) is 23.6 Å². The van der Waals surface area contributed by atoms with Crippen LogP contribution in [0.4, 0.5) is 26.3 Å². The average molecular weight is 329 g/mol. The van der Waals surface area contributed by atoms with Crippen molar-refractivity contribution in [1.82, 2.24) is 5.32 Å². The Morgan fingerprint density at radius 3 is 2.23 bits per heavy atom. The Balaban J connectivity index is 3.12. The molecule has 0 bridgehead atoms. The number of benzene rings is 1. The van der Waals surface area contributed by atoms with E-state index in [1.165, 1.54) is 6.92 Å². The van der Waals surface area contributed by atoms with Gasteiger partial charge in [0.05, 0.1) is 24.2 Å². The topological polar surface area (TPSA) is 49.3 Å². The van der Waals surface area contributed by atoms with E-state index in [1.54, 1.807) is 0 Å². The number of hydrogen-bond donors (Lipinski definition) is 2. The van der Waals surface area contributed by atoms with Crippen LogP contribution >= 0.6 is 0 Å². The Morgan fingerprint density at radius 2 is 1.77 bits per heavy atom. The molecule has 0 heterocycles. The van der Waals surface area contributed by atoms with Crippen LogP contribution in [0.2, 0.25) is 0 Å². The number of amides is 1. The third-order valence-electron chi connectivity index (χ3n) is 2.77. The predicted molar refractivity (Wildman–Crippen MR) is 64.8 cm³/mol. The molecule has 0 saturated heterocycles. The van der Waals surface area contributed by atoms with E-state index in [0.717, 1.165) is 0 Å². The molecule has 0 fully saturated rings. The first-order valence-corrected chi connectivity index (χ1v) is 6.12. The first-order chi connectivity index (χ1) is 9.95. The van der Waals surface area contributed by atoms with Crippen LogP contribution in [0.15, 0.2) is 18.2 Å². The number of nitrogens with one attached hydrogen (secondary N) is 1. The van der Waals surface area contributed by atoms with Crippen LogP contribution in [0, 0.1) is 0 Å². The summed E-state index contributed by atoms with van der Waals surface area (Å²) in [5, 5.41) is 11.0. The number of aliphatic hydroxyl groups excluding tert-OH is 1. The number of rotatable bonds is 4. The highest BCUT2D eigenvalue weighted by Gasteiger charge is 2.38. The van der Waals surface area contributed by atoms with Gasteiger partial charge in [-0.2, -0.15) is 26.3 Å². The third-order valence-corrected chi connectivity index (χ3v) is 2.77. The average Bonchev–Trinajstić information content (AvgIpc) is 2.36. The van der Waals surface area contributed by atoms with Crippen molar-refractivity contribution in [2.75, 3.05) is 6.61 Å². The lowest BCUT2D eigenvalue weighted by atomic mass is 10.00. The van der Waals surface area contributed by atoms with Gasteiger partial charge >= 0.3 is 12.4 Å². The Hall–Kier alpha value is -1.77. The molecular formula is C13H13F6NO2. The summed E-state index contributed by atoms with van der Waals surface area (Å²) in [5.74, 6) is -0.827. The monoisotopic (exact) mass is 329 g/mol. The number of hydrogen-bond acceptors (Lipinski definition) is 2. The van der Waals surface area contributed by atoms with E-state index in [1.807, 2.05) is 0 Å². The molecule has 22 heavy (non-hydrogen) atoms. The lowest BCUT2D eigenvalue weighted by molar-refractivity contribution is -0.143. The lowest BCUT2D eigenvalue weighted by Gasteiger charge is -2.16. The van der Waals surface area contributed by atoms with E-state index in [2.05, 4.69) is 5.32 Å². The summed E-state index contributed by atoms with van der Waals surface area (Å²) in [6.45, 7) is 1.01. The molecule has 0 saturated carbocycles. The summed E-state index contributed by atoms with van der Waals surface area (Å²) in [6.07, 6.45) is -10.7. The molecule has 1 atom stereocenters. The van der Waals surface area contributed by atoms with Crippen molar-refractivity contribution in [2.45, 2.75) is 31.7 Å². The Kier molecular flexibility index (Phi) is 5.44. The highest BCUT2D eigenvalue weighted by atomic mass is 19.4. The highest BCUT2D eigenvalue weighted by molar-refractivity contribution is 5.79. The van der Waals surface area contributed by atoms with Crippen molar-refractivity contribution in [3.8, 4) is 0 Å². The molecular weight excluding hydrogens is 316 g/mol. The van der Waals surface area contributed by atoms with Gasteiger partial charge in [0.1, 0.15) is 0 Å². The van der Waals surface area contributed by atoms with Crippen molar-refractivity contribution in [3.05, 3.63) is 34.9 Å². The lowest BCUT2D eigenvalue weighted by Crippen LogP contribution is -2.36. The third kappa shape index (κ3) is 4.90. The van der Waals surface area contributed by atoms with Crippen molar-refractivity contribution in [3.63, 3.8) is 0 Å². The maximum absolute atomic E-state index is 12.9. The van der Waals surface area contributed by atoms with E-state index in [-0.39, 0.29) is 6.07 Å². The normalized spacial score (nSPS) is 13.8. The van der Waals surface area contributed by atoms with Crippen LogP contribution in [0.3, 0.4) is 0 Å². The summed E-state index contributed by atoms with van der Waals surface area (Å²) < 4.78 is 76.1. The summed E-state index contributed by atoms with van der Waals surface area (Å²) in [7, 11) is 0. The number of carbonyl (C=O) groups is 1. The van der Waals surface area contributed by atoms with E-state index >= 15 is 0 Å². The second-order valence-electron chi connectivity index (χ2n) is 4.70.